The first-order valence-corrected chi connectivity index (χ1v) is 11.5. The number of rotatable bonds is 8. The number of amides is 1. The fraction of sp³-hybridized carbons (Fsp3) is 0.179. The maximum absolute atomic E-state index is 13.3. The van der Waals surface area contributed by atoms with Crippen LogP contribution in [-0.4, -0.2) is 27.2 Å². The van der Waals surface area contributed by atoms with Crippen molar-refractivity contribution in [3.05, 3.63) is 112 Å². The molecule has 0 unspecified atom stereocenters. The lowest BCUT2D eigenvalue weighted by Gasteiger charge is -2.21. The van der Waals surface area contributed by atoms with Crippen molar-refractivity contribution in [2.75, 3.05) is 11.9 Å². The molecule has 2 N–H and O–H groups in total. The summed E-state index contributed by atoms with van der Waals surface area (Å²) < 4.78 is 1.26. The van der Waals surface area contributed by atoms with Crippen LogP contribution in [-0.2, 0) is 11.8 Å². The molecule has 4 aromatic rings. The Balaban J connectivity index is 1.47. The van der Waals surface area contributed by atoms with E-state index in [0.717, 1.165) is 16.7 Å². The number of nitrogens with zero attached hydrogens (tertiary/aromatic N) is 4. The van der Waals surface area contributed by atoms with Crippen molar-refractivity contribution in [3.8, 4) is 17.3 Å². The van der Waals surface area contributed by atoms with Gasteiger partial charge in [-0.2, -0.15) is 10.4 Å². The highest BCUT2D eigenvalue weighted by Crippen LogP contribution is 2.21. The number of carbonyl (C=O) groups is 1. The van der Waals surface area contributed by atoms with E-state index in [1.807, 2.05) is 42.5 Å². The fourth-order valence-corrected chi connectivity index (χ4v) is 3.78. The van der Waals surface area contributed by atoms with Crippen molar-refractivity contribution in [3.63, 3.8) is 0 Å². The van der Waals surface area contributed by atoms with Crippen LogP contribution in [0.1, 0.15) is 35.6 Å². The molecule has 4 rings (SSSR count). The van der Waals surface area contributed by atoms with E-state index in [0.29, 0.717) is 23.6 Å². The van der Waals surface area contributed by atoms with Crippen LogP contribution >= 0.6 is 0 Å². The molecule has 1 amide bonds. The first-order chi connectivity index (χ1) is 17.4. The predicted molar refractivity (Wildman–Crippen MR) is 138 cm³/mol. The van der Waals surface area contributed by atoms with Crippen LogP contribution in [0.4, 0.5) is 5.82 Å². The summed E-state index contributed by atoms with van der Waals surface area (Å²) in [4.78, 5) is 29.2. The minimum Gasteiger partial charge on any atom is -0.309 e. The topological polar surface area (TPSA) is 113 Å². The summed E-state index contributed by atoms with van der Waals surface area (Å²) >= 11 is 0. The number of nitriles is 1. The highest BCUT2D eigenvalue weighted by molar-refractivity contribution is 5.94. The van der Waals surface area contributed by atoms with E-state index in [4.69, 9.17) is 5.26 Å². The average molecular weight is 479 g/mol. The van der Waals surface area contributed by atoms with Crippen molar-refractivity contribution >= 4 is 11.7 Å². The molecule has 8 nitrogen and oxygen atoms in total. The molecule has 2 aromatic carbocycles. The Morgan fingerprint density at radius 2 is 1.75 bits per heavy atom. The number of anilines is 1. The van der Waals surface area contributed by atoms with Crippen molar-refractivity contribution in [1.82, 2.24) is 20.1 Å². The van der Waals surface area contributed by atoms with Crippen molar-refractivity contribution in [2.24, 2.45) is 7.05 Å². The third-order valence-corrected chi connectivity index (χ3v) is 5.90. The van der Waals surface area contributed by atoms with E-state index in [9.17, 15) is 9.59 Å². The van der Waals surface area contributed by atoms with Gasteiger partial charge in [-0.25, -0.2) is 9.67 Å². The second kappa shape index (κ2) is 11.2. The maximum Gasteiger partial charge on any atom is 0.266 e. The normalized spacial score (nSPS) is 12.4. The molecule has 36 heavy (non-hydrogen) atoms. The molecule has 0 saturated carbocycles. The lowest BCUT2D eigenvalue weighted by molar-refractivity contribution is -0.118. The van der Waals surface area contributed by atoms with E-state index in [1.54, 1.807) is 43.6 Å². The number of benzene rings is 2. The first kappa shape index (κ1) is 24.5. The predicted octanol–water partition coefficient (Wildman–Crippen LogP) is 3.79. The van der Waals surface area contributed by atoms with Gasteiger partial charge in [0.2, 0.25) is 5.91 Å². The number of hydrogen-bond acceptors (Lipinski definition) is 6. The summed E-state index contributed by atoms with van der Waals surface area (Å²) in [6.07, 6.45) is 1.61. The zero-order valence-electron chi connectivity index (χ0n) is 20.1. The third kappa shape index (κ3) is 5.90. The molecule has 2 aromatic heterocycles. The Morgan fingerprint density at radius 3 is 2.39 bits per heavy atom. The van der Waals surface area contributed by atoms with Gasteiger partial charge in [0.25, 0.3) is 5.56 Å². The lowest BCUT2D eigenvalue weighted by atomic mass is 9.98. The highest BCUT2D eigenvalue weighted by Gasteiger charge is 2.22. The first-order valence-electron chi connectivity index (χ1n) is 11.5. The van der Waals surface area contributed by atoms with Gasteiger partial charge in [0.15, 0.2) is 0 Å². The summed E-state index contributed by atoms with van der Waals surface area (Å²) in [5.74, 6) is 0.314. The minimum atomic E-state index is -0.584. The zero-order chi connectivity index (χ0) is 25.5. The van der Waals surface area contributed by atoms with Gasteiger partial charge in [0.1, 0.15) is 11.9 Å². The van der Waals surface area contributed by atoms with Gasteiger partial charge in [-0.05, 0) is 47.4 Å². The molecule has 0 saturated heterocycles. The number of hydrogen-bond donors (Lipinski definition) is 2. The molecular weight excluding hydrogens is 452 g/mol. The van der Waals surface area contributed by atoms with E-state index < -0.39 is 6.04 Å². The van der Waals surface area contributed by atoms with Crippen LogP contribution in [0.2, 0.25) is 0 Å². The standard InChI is InChI=1S/C28H26N6O2/c1-19(21-10-8-20(16-29)9-11-21)17-31-27(22-6-4-3-5-7-22)28(36)32-25-14-12-23(18-30-25)24-13-15-26(35)34(2)33-24/h3-15,18-19,27,31H,17H2,1-2H3,(H,30,32,36)/t19-,27-/m1/s1. The second-order valence-electron chi connectivity index (χ2n) is 8.49. The summed E-state index contributed by atoms with van der Waals surface area (Å²) in [6.45, 7) is 2.63. The molecule has 2 atom stereocenters. The Labute approximate surface area is 209 Å². The van der Waals surface area contributed by atoms with E-state index in [2.05, 4.69) is 33.7 Å². The molecule has 0 aliphatic carbocycles. The molecule has 0 radical (unpaired) electrons. The fourth-order valence-electron chi connectivity index (χ4n) is 3.78. The summed E-state index contributed by atoms with van der Waals surface area (Å²) in [5.41, 5.74) is 3.70. The number of nitrogens with one attached hydrogen (secondary N) is 2. The van der Waals surface area contributed by atoms with Crippen LogP contribution in [0, 0.1) is 11.3 Å². The Kier molecular flexibility index (Phi) is 7.63. The molecule has 0 bridgehead atoms. The molecule has 0 spiro atoms. The molecule has 8 heteroatoms. The van der Waals surface area contributed by atoms with Gasteiger partial charge in [0.05, 0.1) is 17.3 Å². The Hall–Kier alpha value is -4.61. The van der Waals surface area contributed by atoms with Crippen LogP contribution < -0.4 is 16.2 Å². The van der Waals surface area contributed by atoms with E-state index in [-0.39, 0.29) is 17.4 Å². The van der Waals surface area contributed by atoms with Gasteiger partial charge in [-0.1, -0.05) is 49.4 Å². The second-order valence-corrected chi connectivity index (χ2v) is 8.49. The van der Waals surface area contributed by atoms with Gasteiger partial charge in [0, 0.05) is 31.4 Å². The Morgan fingerprint density at radius 1 is 1.00 bits per heavy atom. The van der Waals surface area contributed by atoms with Crippen molar-refractivity contribution in [1.29, 1.82) is 5.26 Å². The van der Waals surface area contributed by atoms with E-state index in [1.165, 1.54) is 10.7 Å². The zero-order valence-corrected chi connectivity index (χ0v) is 20.1. The largest absolute Gasteiger partial charge is 0.309 e. The van der Waals surface area contributed by atoms with Crippen molar-refractivity contribution in [2.45, 2.75) is 18.9 Å². The van der Waals surface area contributed by atoms with Gasteiger partial charge >= 0.3 is 0 Å². The number of aromatic nitrogens is 3. The van der Waals surface area contributed by atoms with Crippen LogP contribution in [0.5, 0.6) is 0 Å². The van der Waals surface area contributed by atoms with Crippen LogP contribution in [0.3, 0.4) is 0 Å². The number of aryl methyl sites for hydroxylation is 1. The highest BCUT2D eigenvalue weighted by atomic mass is 16.2. The summed E-state index contributed by atoms with van der Waals surface area (Å²) in [5, 5.41) is 19.5. The van der Waals surface area contributed by atoms with Gasteiger partial charge in [-0.3, -0.25) is 9.59 Å². The van der Waals surface area contributed by atoms with Crippen LogP contribution in [0.25, 0.3) is 11.3 Å². The molecule has 0 aliphatic rings. The molecule has 0 aliphatic heterocycles. The SMILES string of the molecule is C[C@H](CN[C@@H](C(=O)Nc1ccc(-c2ccc(=O)n(C)n2)cn1)c1ccccc1)c1ccc(C#N)cc1. The summed E-state index contributed by atoms with van der Waals surface area (Å²) in [6, 6.07) is 25.1. The maximum atomic E-state index is 13.3. The number of pyridine rings is 1. The van der Waals surface area contributed by atoms with Crippen LogP contribution in [0.15, 0.2) is 89.9 Å². The van der Waals surface area contributed by atoms with Gasteiger partial charge < -0.3 is 10.6 Å². The molecule has 2 heterocycles. The molecule has 180 valence electrons. The molecular formula is C28H26N6O2. The molecule has 0 fully saturated rings. The smallest absolute Gasteiger partial charge is 0.266 e. The Bertz CT molecular complexity index is 1420. The quantitative estimate of drug-likeness (QED) is 0.398. The van der Waals surface area contributed by atoms with E-state index >= 15 is 0 Å². The number of carbonyl (C=O) groups excluding carboxylic acids is 1. The average Bonchev–Trinajstić information content (AvgIpc) is 2.91. The third-order valence-electron chi connectivity index (χ3n) is 5.90. The van der Waals surface area contributed by atoms with Crippen molar-refractivity contribution < 1.29 is 4.79 Å². The lowest BCUT2D eigenvalue weighted by Crippen LogP contribution is -2.35. The monoisotopic (exact) mass is 478 g/mol. The summed E-state index contributed by atoms with van der Waals surface area (Å²) in [7, 11) is 1.59. The minimum absolute atomic E-state index is 0.128. The van der Waals surface area contributed by atoms with Gasteiger partial charge in [-0.15, -0.1) is 0 Å².